The first-order valence-corrected chi connectivity index (χ1v) is 14.1. The highest BCUT2D eigenvalue weighted by Gasteiger charge is 2.55. The number of amides is 1. The normalized spacial score (nSPS) is 22.6. The third-order valence-electron chi connectivity index (χ3n) is 5.87. The predicted octanol–water partition coefficient (Wildman–Crippen LogP) is -1.70. The molecule has 1 fully saturated rings. The molecule has 0 aromatic carbocycles. The number of esters is 8. The van der Waals surface area contributed by atoms with Crippen LogP contribution in [0.1, 0.15) is 55.4 Å². The molecule has 1 amide bonds. The van der Waals surface area contributed by atoms with Gasteiger partial charge in [-0.15, -0.1) is 0 Å². The molecule has 270 valence electrons. The van der Waals surface area contributed by atoms with Gasteiger partial charge in [0.05, 0.1) is 0 Å². The lowest BCUT2D eigenvalue weighted by Gasteiger charge is -2.46. The number of hydrogen-bond acceptors (Lipinski definition) is 19. The van der Waals surface area contributed by atoms with Crippen LogP contribution in [0.2, 0.25) is 0 Å². The van der Waals surface area contributed by atoms with E-state index >= 15 is 0 Å². The van der Waals surface area contributed by atoms with E-state index in [1.165, 1.54) is 0 Å². The van der Waals surface area contributed by atoms with Gasteiger partial charge in [-0.2, -0.15) is 0 Å². The lowest BCUT2D eigenvalue weighted by Crippen LogP contribution is -2.65. The van der Waals surface area contributed by atoms with Gasteiger partial charge in [0, 0.05) is 55.4 Å². The summed E-state index contributed by atoms with van der Waals surface area (Å²) in [6.07, 6.45) is -16.9. The highest BCUT2D eigenvalue weighted by molar-refractivity contribution is 5.83. The smallest absolute Gasteiger partial charge is 0.303 e. The van der Waals surface area contributed by atoms with Crippen LogP contribution >= 0.6 is 0 Å². The summed E-state index contributed by atoms with van der Waals surface area (Å²) in [6.45, 7) is 6.14. The van der Waals surface area contributed by atoms with Crippen molar-refractivity contribution in [1.29, 1.82) is 0 Å². The monoisotopic (exact) mass is 693 g/mol. The molecule has 0 radical (unpaired) electrons. The van der Waals surface area contributed by atoms with Crippen molar-refractivity contribution < 1.29 is 90.5 Å². The number of primary amides is 1. The topological polar surface area (TPSA) is 272 Å². The average Bonchev–Trinajstić information content (AvgIpc) is 2.92. The molecule has 0 aliphatic carbocycles. The van der Waals surface area contributed by atoms with Crippen LogP contribution in [0, 0.1) is 0 Å². The SMILES string of the molecule is CC(=O)OCC(OC(C)=O)C(OC1OC(COC(C)=O)C(OC(C)=O)C(OC(C)=O)C1OC(C)=O)C(OC(C)=O)C(OC(C)=O)C(N)=O. The molecular weight excluding hydrogens is 654 g/mol. The molecule has 20 nitrogen and oxygen atoms in total. The van der Waals surface area contributed by atoms with E-state index in [-0.39, 0.29) is 0 Å². The molecule has 0 aromatic rings. The molecule has 2 N–H and O–H groups in total. The Kier molecular flexibility index (Phi) is 16.4. The largest absolute Gasteiger partial charge is 0.463 e. The molecule has 1 aliphatic rings. The molecule has 9 unspecified atom stereocenters. The van der Waals surface area contributed by atoms with Crippen molar-refractivity contribution in [3.05, 3.63) is 0 Å². The number of nitrogens with two attached hydrogens (primary N) is 1. The Morgan fingerprint density at radius 3 is 1.48 bits per heavy atom. The molecule has 1 heterocycles. The number of carbonyl (C=O) groups is 9. The van der Waals surface area contributed by atoms with Crippen LogP contribution in [0.4, 0.5) is 0 Å². The minimum absolute atomic E-state index is 0.673. The molecule has 0 saturated carbocycles. The van der Waals surface area contributed by atoms with Crippen LogP contribution in [-0.2, 0) is 90.5 Å². The lowest BCUT2D eigenvalue weighted by molar-refractivity contribution is -0.331. The van der Waals surface area contributed by atoms with E-state index in [1.54, 1.807) is 0 Å². The van der Waals surface area contributed by atoms with E-state index in [2.05, 4.69) is 0 Å². The zero-order valence-corrected chi connectivity index (χ0v) is 27.4. The van der Waals surface area contributed by atoms with Gasteiger partial charge in [-0.1, -0.05) is 0 Å². The van der Waals surface area contributed by atoms with Crippen molar-refractivity contribution in [2.45, 2.75) is 111 Å². The summed E-state index contributed by atoms with van der Waals surface area (Å²) >= 11 is 0. The van der Waals surface area contributed by atoms with Crippen LogP contribution < -0.4 is 5.73 Å². The number of carbonyl (C=O) groups excluding carboxylic acids is 9. The molecule has 0 aromatic heterocycles. The van der Waals surface area contributed by atoms with Gasteiger partial charge in [0.2, 0.25) is 6.10 Å². The maximum absolute atomic E-state index is 12.5. The molecule has 1 saturated heterocycles. The second-order valence-electron chi connectivity index (χ2n) is 10.1. The van der Waals surface area contributed by atoms with E-state index in [1.807, 2.05) is 0 Å². The summed E-state index contributed by atoms with van der Waals surface area (Å²) in [7, 11) is 0. The number of ether oxygens (including phenoxy) is 10. The Hall–Kier alpha value is -4.85. The Labute approximate surface area is 274 Å². The van der Waals surface area contributed by atoms with Gasteiger partial charge in [-0.3, -0.25) is 43.2 Å². The van der Waals surface area contributed by atoms with E-state index in [0.717, 1.165) is 55.4 Å². The van der Waals surface area contributed by atoms with Crippen molar-refractivity contribution in [1.82, 2.24) is 0 Å². The predicted molar refractivity (Wildman–Crippen MR) is 149 cm³/mol. The molecule has 20 heteroatoms. The third kappa shape index (κ3) is 13.9. The second kappa shape index (κ2) is 19.1. The van der Waals surface area contributed by atoms with Gasteiger partial charge < -0.3 is 53.1 Å². The first-order valence-electron chi connectivity index (χ1n) is 14.1. The summed E-state index contributed by atoms with van der Waals surface area (Å²) < 4.78 is 53.5. The zero-order valence-electron chi connectivity index (χ0n) is 27.4. The highest BCUT2D eigenvalue weighted by Crippen LogP contribution is 2.32. The van der Waals surface area contributed by atoms with E-state index in [4.69, 9.17) is 53.1 Å². The van der Waals surface area contributed by atoms with E-state index in [0.29, 0.717) is 0 Å². The summed E-state index contributed by atoms with van der Waals surface area (Å²) in [4.78, 5) is 109. The number of rotatable bonds is 16. The van der Waals surface area contributed by atoms with E-state index in [9.17, 15) is 43.2 Å². The van der Waals surface area contributed by atoms with E-state index < -0.39 is 122 Å². The van der Waals surface area contributed by atoms with Crippen molar-refractivity contribution in [2.24, 2.45) is 5.73 Å². The standard InChI is InChI=1S/C28H39NO19/c1-11(30)39-9-19(41-13(3)32)22(23(43-15(5)34)25(27(29)38)45-17(7)36)48-28-26(46-18(8)37)24(44-16(6)35)21(42-14(4)33)20(47-28)10-40-12(2)31/h19-26,28H,9-10H2,1-8H3,(H2,29,38). The van der Waals surface area contributed by atoms with Crippen LogP contribution in [0.15, 0.2) is 0 Å². The van der Waals surface area contributed by atoms with Crippen LogP contribution in [0.3, 0.4) is 0 Å². The van der Waals surface area contributed by atoms with Crippen LogP contribution in [0.25, 0.3) is 0 Å². The average molecular weight is 694 g/mol. The van der Waals surface area contributed by atoms with Crippen molar-refractivity contribution >= 4 is 53.7 Å². The van der Waals surface area contributed by atoms with Crippen LogP contribution in [0.5, 0.6) is 0 Å². The minimum atomic E-state index is -2.16. The fraction of sp³-hybridized carbons (Fsp3) is 0.679. The quantitative estimate of drug-likeness (QED) is 0.139. The van der Waals surface area contributed by atoms with Gasteiger partial charge in [0.25, 0.3) is 5.91 Å². The summed E-state index contributed by atoms with van der Waals surface area (Å²) in [6, 6.07) is 0. The highest BCUT2D eigenvalue weighted by atomic mass is 16.8. The van der Waals surface area contributed by atoms with Gasteiger partial charge in [-0.05, 0) is 0 Å². The first-order chi connectivity index (χ1) is 22.2. The van der Waals surface area contributed by atoms with Crippen molar-refractivity contribution in [2.75, 3.05) is 13.2 Å². The third-order valence-corrected chi connectivity index (χ3v) is 5.87. The fourth-order valence-electron chi connectivity index (χ4n) is 4.40. The molecule has 1 aliphatic heterocycles. The number of hydrogen-bond donors (Lipinski definition) is 1. The Bertz CT molecular complexity index is 1230. The Balaban J connectivity index is 4.05. The fourth-order valence-corrected chi connectivity index (χ4v) is 4.40. The first kappa shape index (κ1) is 41.2. The van der Waals surface area contributed by atoms with Crippen LogP contribution in [-0.4, -0.2) is 122 Å². The molecule has 48 heavy (non-hydrogen) atoms. The summed E-state index contributed by atoms with van der Waals surface area (Å²) in [5.41, 5.74) is 5.47. The molecule has 0 spiro atoms. The lowest BCUT2D eigenvalue weighted by atomic mass is 9.97. The maximum atomic E-state index is 12.5. The summed E-state index contributed by atoms with van der Waals surface area (Å²) in [5, 5.41) is 0. The maximum Gasteiger partial charge on any atom is 0.303 e. The van der Waals surface area contributed by atoms with Crippen molar-refractivity contribution in [3.8, 4) is 0 Å². The molecular formula is C28H39NO19. The Morgan fingerprint density at radius 1 is 0.562 bits per heavy atom. The second-order valence-corrected chi connectivity index (χ2v) is 10.1. The van der Waals surface area contributed by atoms with Gasteiger partial charge in [0.15, 0.2) is 36.8 Å². The van der Waals surface area contributed by atoms with Gasteiger partial charge in [0.1, 0.15) is 25.4 Å². The minimum Gasteiger partial charge on any atom is -0.463 e. The summed E-state index contributed by atoms with van der Waals surface area (Å²) in [5.74, 6) is -9.25. The Morgan fingerprint density at radius 2 is 1.04 bits per heavy atom. The molecule has 0 bridgehead atoms. The zero-order chi connectivity index (χ0) is 36.9. The van der Waals surface area contributed by atoms with Crippen molar-refractivity contribution in [3.63, 3.8) is 0 Å². The molecule has 9 atom stereocenters. The molecule has 1 rings (SSSR count). The van der Waals surface area contributed by atoms with Gasteiger partial charge in [-0.25, -0.2) is 0 Å². The van der Waals surface area contributed by atoms with Gasteiger partial charge >= 0.3 is 47.8 Å².